The lowest BCUT2D eigenvalue weighted by Gasteiger charge is -2.42. The van der Waals surface area contributed by atoms with Crippen LogP contribution in [0.25, 0.3) is 0 Å². The number of hydroxylamine groups is 2. The molecule has 0 amide bonds. The molecular formula is C37H50N2O6. The quantitative estimate of drug-likeness (QED) is 0.313. The van der Waals surface area contributed by atoms with Gasteiger partial charge in [-0.15, -0.1) is 5.06 Å². The van der Waals surface area contributed by atoms with Crippen molar-refractivity contribution < 1.29 is 28.7 Å². The summed E-state index contributed by atoms with van der Waals surface area (Å²) in [6.45, 7) is 18.7. The van der Waals surface area contributed by atoms with Crippen LogP contribution in [0.3, 0.4) is 0 Å². The summed E-state index contributed by atoms with van der Waals surface area (Å²) in [5.74, 6) is -0.601. The van der Waals surface area contributed by atoms with Gasteiger partial charge in [0, 0.05) is 18.8 Å². The van der Waals surface area contributed by atoms with Crippen LogP contribution in [0.5, 0.6) is 0 Å². The smallest absolute Gasteiger partial charge is 0.330 e. The first-order valence-electron chi connectivity index (χ1n) is 16.2. The van der Waals surface area contributed by atoms with Gasteiger partial charge in [-0.3, -0.25) is 9.59 Å². The Labute approximate surface area is 268 Å². The van der Waals surface area contributed by atoms with Gasteiger partial charge in [0.2, 0.25) is 0 Å². The molecule has 1 aliphatic heterocycles. The molecule has 1 heterocycles. The van der Waals surface area contributed by atoms with Gasteiger partial charge < -0.3 is 19.2 Å². The van der Waals surface area contributed by atoms with E-state index in [4.69, 9.17) is 14.3 Å². The van der Waals surface area contributed by atoms with E-state index in [0.29, 0.717) is 19.6 Å². The number of hydrogen-bond donors (Lipinski definition) is 0. The number of carbonyl (C=O) groups is 3. The van der Waals surface area contributed by atoms with Crippen molar-refractivity contribution in [1.29, 1.82) is 0 Å². The maximum atomic E-state index is 13.1. The van der Waals surface area contributed by atoms with Crippen molar-refractivity contribution >= 4 is 23.6 Å². The zero-order valence-corrected chi connectivity index (χ0v) is 28.5. The van der Waals surface area contributed by atoms with Crippen LogP contribution in [0.2, 0.25) is 0 Å². The van der Waals surface area contributed by atoms with Crippen LogP contribution >= 0.6 is 0 Å². The van der Waals surface area contributed by atoms with E-state index in [0.717, 1.165) is 48.1 Å². The predicted octanol–water partition coefficient (Wildman–Crippen LogP) is 6.80. The molecule has 0 aromatic heterocycles. The first-order valence-corrected chi connectivity index (χ1v) is 16.2. The van der Waals surface area contributed by atoms with Crippen LogP contribution in [-0.2, 0) is 39.5 Å². The average molecular weight is 619 g/mol. The lowest BCUT2D eigenvalue weighted by Crippen LogP contribution is -2.50. The molecular weight excluding hydrogens is 568 g/mol. The van der Waals surface area contributed by atoms with Crippen molar-refractivity contribution in [1.82, 2.24) is 5.06 Å². The molecule has 5 rings (SSSR count). The number of nitrogens with zero attached hydrogens (tertiary/aromatic N) is 2. The third kappa shape index (κ3) is 7.21. The molecule has 2 aromatic rings. The number of piperazine rings is 1. The third-order valence-corrected chi connectivity index (χ3v) is 8.86. The molecule has 1 saturated heterocycles. The molecule has 3 aliphatic rings. The number of hydrogen-bond acceptors (Lipinski definition) is 8. The Morgan fingerprint density at radius 1 is 0.667 bits per heavy atom. The number of benzene rings is 2. The summed E-state index contributed by atoms with van der Waals surface area (Å²) in [6, 6.07) is 16.2. The van der Waals surface area contributed by atoms with Gasteiger partial charge in [0.1, 0.15) is 11.2 Å². The Hall–Kier alpha value is -3.39. The van der Waals surface area contributed by atoms with E-state index in [-0.39, 0.29) is 23.9 Å². The van der Waals surface area contributed by atoms with Gasteiger partial charge in [0.25, 0.3) is 0 Å². The standard InChI is InChI=1S/C37H50N2O6/c1-33(2,3)30(40)45-39-23-22-38(28-16-14-27(15-17-28)37(20-21-37)32(42)44-35(7,8)9)24-29(39)25-10-12-26(13-11-25)36(18-19-36)31(41)43-34(4,5)6/h10-17,29H,18-24H2,1-9H3. The van der Waals surface area contributed by atoms with E-state index in [9.17, 15) is 14.4 Å². The number of ether oxygens (including phenoxy) is 2. The highest BCUT2D eigenvalue weighted by atomic mass is 16.7. The third-order valence-electron chi connectivity index (χ3n) is 8.86. The van der Waals surface area contributed by atoms with Gasteiger partial charge in [0.15, 0.2) is 0 Å². The van der Waals surface area contributed by atoms with E-state index >= 15 is 0 Å². The van der Waals surface area contributed by atoms with E-state index in [1.165, 1.54) is 0 Å². The van der Waals surface area contributed by atoms with E-state index in [2.05, 4.69) is 17.0 Å². The first-order chi connectivity index (χ1) is 20.8. The molecule has 8 nitrogen and oxygen atoms in total. The number of esters is 2. The fraction of sp³-hybridized carbons (Fsp3) is 0.595. The molecule has 0 radical (unpaired) electrons. The topological polar surface area (TPSA) is 85.4 Å². The highest BCUT2D eigenvalue weighted by molar-refractivity contribution is 5.87. The van der Waals surface area contributed by atoms with Gasteiger partial charge in [-0.25, -0.2) is 4.79 Å². The summed E-state index contributed by atoms with van der Waals surface area (Å²) >= 11 is 0. The molecule has 8 heteroatoms. The largest absolute Gasteiger partial charge is 0.459 e. The SMILES string of the molecule is CC(C)(C)OC(=O)C1(c2ccc(C3CN(c4ccc(C5(C(=O)OC(C)(C)C)CC5)cc4)CCN3OC(=O)C(C)(C)C)cc2)CC1. The van der Waals surface area contributed by atoms with Crippen LogP contribution in [-0.4, -0.2) is 53.8 Å². The second-order valence-electron chi connectivity index (χ2n) is 16.1. The minimum Gasteiger partial charge on any atom is -0.459 e. The van der Waals surface area contributed by atoms with Crippen molar-refractivity contribution in [2.24, 2.45) is 5.41 Å². The molecule has 244 valence electrons. The Morgan fingerprint density at radius 3 is 1.51 bits per heavy atom. The molecule has 2 saturated carbocycles. The van der Waals surface area contributed by atoms with Crippen LogP contribution in [0.1, 0.15) is 111 Å². The monoisotopic (exact) mass is 618 g/mol. The van der Waals surface area contributed by atoms with Crippen molar-refractivity contribution in [3.63, 3.8) is 0 Å². The number of carbonyl (C=O) groups excluding carboxylic acids is 3. The summed E-state index contributed by atoms with van der Waals surface area (Å²) in [5.41, 5.74) is 1.17. The van der Waals surface area contributed by atoms with E-state index in [1.54, 1.807) is 5.06 Å². The van der Waals surface area contributed by atoms with Crippen molar-refractivity contribution in [2.45, 2.75) is 116 Å². The Morgan fingerprint density at radius 2 is 1.11 bits per heavy atom. The zero-order valence-electron chi connectivity index (χ0n) is 28.5. The normalized spacial score (nSPS) is 21.1. The van der Waals surface area contributed by atoms with Gasteiger partial charge in [-0.05, 0) is 117 Å². The second kappa shape index (κ2) is 11.4. The maximum absolute atomic E-state index is 13.1. The summed E-state index contributed by atoms with van der Waals surface area (Å²) in [5, 5.41) is 1.80. The van der Waals surface area contributed by atoms with Crippen molar-refractivity contribution in [3.05, 3.63) is 65.2 Å². The molecule has 2 aromatic carbocycles. The van der Waals surface area contributed by atoms with Gasteiger partial charge in [0.05, 0.1) is 28.8 Å². The minimum absolute atomic E-state index is 0.153. The molecule has 3 fully saturated rings. The van der Waals surface area contributed by atoms with Crippen LogP contribution < -0.4 is 4.90 Å². The minimum atomic E-state index is -0.639. The highest BCUT2D eigenvalue weighted by Crippen LogP contribution is 2.51. The zero-order chi connectivity index (χ0) is 33.0. The Bertz CT molecular complexity index is 1420. The first kappa shape index (κ1) is 33.0. The van der Waals surface area contributed by atoms with E-state index < -0.39 is 27.4 Å². The number of anilines is 1. The Balaban J connectivity index is 1.36. The summed E-state index contributed by atoms with van der Waals surface area (Å²) in [4.78, 5) is 47.3. The Kier molecular flexibility index (Phi) is 8.39. The molecule has 0 spiro atoms. The lowest BCUT2D eigenvalue weighted by molar-refractivity contribution is -0.214. The average Bonchev–Trinajstić information content (AvgIpc) is 3.86. The second-order valence-corrected chi connectivity index (χ2v) is 16.1. The molecule has 1 atom stereocenters. The molecule has 45 heavy (non-hydrogen) atoms. The number of rotatable bonds is 7. The fourth-order valence-electron chi connectivity index (χ4n) is 5.86. The van der Waals surface area contributed by atoms with Crippen LogP contribution in [0, 0.1) is 5.41 Å². The van der Waals surface area contributed by atoms with E-state index in [1.807, 2.05) is 98.7 Å². The highest BCUT2D eigenvalue weighted by Gasteiger charge is 2.54. The maximum Gasteiger partial charge on any atom is 0.330 e. The molecule has 0 N–H and O–H groups in total. The summed E-state index contributed by atoms with van der Waals surface area (Å²) < 4.78 is 11.5. The van der Waals surface area contributed by atoms with Crippen LogP contribution in [0.15, 0.2) is 48.5 Å². The van der Waals surface area contributed by atoms with Crippen LogP contribution in [0.4, 0.5) is 5.69 Å². The van der Waals surface area contributed by atoms with Gasteiger partial charge >= 0.3 is 17.9 Å². The van der Waals surface area contributed by atoms with Gasteiger partial charge in [-0.2, -0.15) is 0 Å². The molecule has 1 unspecified atom stereocenters. The van der Waals surface area contributed by atoms with Gasteiger partial charge in [-0.1, -0.05) is 36.4 Å². The summed E-state index contributed by atoms with van der Waals surface area (Å²) in [7, 11) is 0. The fourth-order valence-corrected chi connectivity index (χ4v) is 5.86. The molecule has 0 bridgehead atoms. The molecule has 2 aliphatic carbocycles. The predicted molar refractivity (Wildman–Crippen MR) is 174 cm³/mol. The lowest BCUT2D eigenvalue weighted by atomic mass is 9.92. The van der Waals surface area contributed by atoms with Crippen molar-refractivity contribution in [3.8, 4) is 0 Å². The van der Waals surface area contributed by atoms with Crippen molar-refractivity contribution in [2.75, 3.05) is 24.5 Å². The summed E-state index contributed by atoms with van der Waals surface area (Å²) in [6.07, 6.45) is 3.15.